The molecule has 35 heavy (non-hydrogen) atoms. The quantitative estimate of drug-likeness (QED) is 0.322. The number of aromatic nitrogens is 6. The van der Waals surface area contributed by atoms with Gasteiger partial charge in [-0.2, -0.15) is 10.2 Å². The first-order valence-corrected chi connectivity index (χ1v) is 11.5. The molecule has 3 atom stereocenters. The van der Waals surface area contributed by atoms with Crippen LogP contribution in [-0.4, -0.2) is 52.8 Å². The largest absolute Gasteiger partial charge is 0.386 e. The van der Waals surface area contributed by atoms with Crippen molar-refractivity contribution in [1.82, 2.24) is 34.8 Å². The molecule has 0 radical (unpaired) electrons. The molecule has 1 aliphatic heterocycles. The summed E-state index contributed by atoms with van der Waals surface area (Å²) in [6.07, 6.45) is 6.83. The second kappa shape index (κ2) is 9.29. The Labute approximate surface area is 205 Å². The maximum Gasteiger partial charge on any atom is 0.203 e. The van der Waals surface area contributed by atoms with Crippen LogP contribution in [0.3, 0.4) is 0 Å². The average molecular weight is 496 g/mol. The Bertz CT molecular complexity index is 1410. The molecule has 0 saturated carbocycles. The molecule has 0 spiro atoms. The van der Waals surface area contributed by atoms with Gasteiger partial charge in [-0.1, -0.05) is 18.2 Å². The van der Waals surface area contributed by atoms with E-state index < -0.39 is 17.3 Å². The summed E-state index contributed by atoms with van der Waals surface area (Å²) in [6.45, 7) is 0.335. The van der Waals surface area contributed by atoms with Gasteiger partial charge in [-0.3, -0.25) is 14.8 Å². The Morgan fingerprint density at radius 2 is 2.06 bits per heavy atom. The van der Waals surface area contributed by atoms with Crippen molar-refractivity contribution in [3.8, 4) is 17.1 Å². The molecule has 5 rings (SSSR count). The monoisotopic (exact) mass is 495 g/mol. The molecule has 9 nitrogen and oxygen atoms in total. The molecule has 1 aromatic carbocycles. The molecule has 1 unspecified atom stereocenters. The van der Waals surface area contributed by atoms with Gasteiger partial charge in [-0.15, -0.1) is 11.6 Å². The average Bonchev–Trinajstić information content (AvgIpc) is 3.30. The number of hydrogen-bond donors (Lipinski definition) is 2. The number of benzene rings is 1. The van der Waals surface area contributed by atoms with Gasteiger partial charge in [-0.05, 0) is 11.6 Å². The van der Waals surface area contributed by atoms with E-state index in [-0.39, 0.29) is 17.4 Å². The molecule has 4 aromatic rings. The summed E-state index contributed by atoms with van der Waals surface area (Å²) in [5, 5.41) is 21.7. The number of halogens is 2. The number of aliphatic hydroxyl groups is 1. The first kappa shape index (κ1) is 23.3. The van der Waals surface area contributed by atoms with Gasteiger partial charge in [-0.25, -0.2) is 19.0 Å². The van der Waals surface area contributed by atoms with E-state index in [4.69, 9.17) is 11.6 Å². The number of nitrogens with zero attached hydrogens (tertiary/aromatic N) is 6. The van der Waals surface area contributed by atoms with Crippen molar-refractivity contribution in [2.75, 3.05) is 6.54 Å². The maximum absolute atomic E-state index is 15.5. The summed E-state index contributed by atoms with van der Waals surface area (Å²) >= 11 is 5.99. The number of piperidine rings is 1. The maximum atomic E-state index is 15.5. The van der Waals surface area contributed by atoms with E-state index >= 15 is 4.39 Å². The Kier molecular flexibility index (Phi) is 6.18. The zero-order chi connectivity index (χ0) is 24.6. The van der Waals surface area contributed by atoms with E-state index in [2.05, 4.69) is 25.5 Å². The fraction of sp³-hybridized carbons (Fsp3) is 0.292. The third-order valence-corrected chi connectivity index (χ3v) is 6.49. The molecule has 0 aliphatic carbocycles. The molecular weight excluding hydrogens is 473 g/mol. The van der Waals surface area contributed by atoms with Crippen LogP contribution in [0.4, 0.5) is 4.39 Å². The van der Waals surface area contributed by atoms with Crippen LogP contribution in [-0.2, 0) is 19.1 Å². The number of aryl methyl sites for hydroxylation is 1. The van der Waals surface area contributed by atoms with E-state index in [0.717, 1.165) is 11.3 Å². The fourth-order valence-corrected chi connectivity index (χ4v) is 4.45. The van der Waals surface area contributed by atoms with Crippen molar-refractivity contribution >= 4 is 11.6 Å². The fourth-order valence-electron chi connectivity index (χ4n) is 4.14. The lowest BCUT2D eigenvalue weighted by molar-refractivity contribution is -0.0442. The molecule has 180 valence electrons. The highest BCUT2D eigenvalue weighted by Gasteiger charge is 2.46. The van der Waals surface area contributed by atoms with E-state index in [1.165, 1.54) is 18.5 Å². The van der Waals surface area contributed by atoms with Crippen molar-refractivity contribution in [1.29, 1.82) is 0 Å². The zero-order valence-electron chi connectivity index (χ0n) is 18.8. The van der Waals surface area contributed by atoms with E-state index in [0.29, 0.717) is 30.0 Å². The summed E-state index contributed by atoms with van der Waals surface area (Å²) in [5.41, 5.74) is -0.189. The molecule has 0 amide bonds. The Morgan fingerprint density at radius 3 is 2.80 bits per heavy atom. The predicted octanol–water partition coefficient (Wildman–Crippen LogP) is 2.10. The third-order valence-electron chi connectivity index (χ3n) is 6.10. The SMILES string of the molecule is Cn1cc(-n2ccc(=O)c(Cc3cccc(-c4ncc([C@]5(F)CCNC(Cl)[C@@H]5O)cn4)c3)n2)cn1. The van der Waals surface area contributed by atoms with E-state index in [1.54, 1.807) is 28.0 Å². The van der Waals surface area contributed by atoms with Crippen LogP contribution >= 0.6 is 11.6 Å². The molecule has 2 N–H and O–H groups in total. The molecule has 0 bridgehead atoms. The minimum absolute atomic E-state index is 0.0657. The lowest BCUT2D eigenvalue weighted by Crippen LogP contribution is -2.54. The zero-order valence-corrected chi connectivity index (χ0v) is 19.6. The van der Waals surface area contributed by atoms with Gasteiger partial charge >= 0.3 is 0 Å². The molecule has 1 aliphatic rings. The van der Waals surface area contributed by atoms with Crippen molar-refractivity contribution in [2.24, 2.45) is 7.05 Å². The Morgan fingerprint density at radius 1 is 1.26 bits per heavy atom. The molecule has 3 aromatic heterocycles. The normalized spacial score (nSPS) is 22.3. The topological polar surface area (TPSA) is 111 Å². The summed E-state index contributed by atoms with van der Waals surface area (Å²) < 4.78 is 18.8. The summed E-state index contributed by atoms with van der Waals surface area (Å²) in [4.78, 5) is 21.1. The van der Waals surface area contributed by atoms with E-state index in [9.17, 15) is 9.90 Å². The van der Waals surface area contributed by atoms with Crippen LogP contribution in [0.25, 0.3) is 17.1 Å². The molecule has 1 saturated heterocycles. The Hall–Kier alpha value is -3.47. The highest BCUT2D eigenvalue weighted by Crippen LogP contribution is 2.37. The number of rotatable bonds is 5. The van der Waals surface area contributed by atoms with Gasteiger partial charge in [0.05, 0.1) is 12.4 Å². The number of hydrogen-bond acceptors (Lipinski definition) is 7. The number of alkyl halides is 2. The molecular formula is C24H23ClFN7O2. The van der Waals surface area contributed by atoms with Crippen molar-refractivity contribution in [3.63, 3.8) is 0 Å². The van der Waals surface area contributed by atoms with Crippen LogP contribution in [0, 0.1) is 0 Å². The molecule has 11 heteroatoms. The first-order valence-electron chi connectivity index (χ1n) is 11.1. The van der Waals surface area contributed by atoms with Gasteiger partial charge in [0.2, 0.25) is 5.43 Å². The van der Waals surface area contributed by atoms with Gasteiger partial charge in [0, 0.05) is 62.2 Å². The smallest absolute Gasteiger partial charge is 0.203 e. The van der Waals surface area contributed by atoms with Crippen molar-refractivity contribution in [2.45, 2.75) is 30.1 Å². The van der Waals surface area contributed by atoms with Gasteiger partial charge in [0.1, 0.15) is 23.0 Å². The molecule has 4 heterocycles. The minimum Gasteiger partial charge on any atom is -0.386 e. The van der Waals surface area contributed by atoms with Gasteiger partial charge < -0.3 is 5.11 Å². The van der Waals surface area contributed by atoms with Crippen LogP contribution in [0.2, 0.25) is 0 Å². The Balaban J connectivity index is 1.39. The van der Waals surface area contributed by atoms with Crippen LogP contribution in [0.5, 0.6) is 0 Å². The summed E-state index contributed by atoms with van der Waals surface area (Å²) in [5.74, 6) is 0.402. The van der Waals surface area contributed by atoms with Crippen molar-refractivity contribution in [3.05, 3.63) is 88.4 Å². The first-order chi connectivity index (χ1) is 16.8. The predicted molar refractivity (Wildman–Crippen MR) is 128 cm³/mol. The second-order valence-corrected chi connectivity index (χ2v) is 9.00. The van der Waals surface area contributed by atoms with Crippen LogP contribution in [0.1, 0.15) is 23.2 Å². The highest BCUT2D eigenvalue weighted by molar-refractivity contribution is 6.20. The van der Waals surface area contributed by atoms with Crippen LogP contribution in [0.15, 0.2) is 66.1 Å². The number of nitrogens with one attached hydrogen (secondary N) is 1. The summed E-state index contributed by atoms with van der Waals surface area (Å²) in [6, 6.07) is 8.92. The minimum atomic E-state index is -2.02. The van der Waals surface area contributed by atoms with Gasteiger partial charge in [0.15, 0.2) is 11.5 Å². The van der Waals surface area contributed by atoms with E-state index in [1.807, 2.05) is 31.3 Å². The van der Waals surface area contributed by atoms with Crippen molar-refractivity contribution < 1.29 is 9.50 Å². The van der Waals surface area contributed by atoms with Crippen LogP contribution < -0.4 is 10.7 Å². The summed E-state index contributed by atoms with van der Waals surface area (Å²) in [7, 11) is 1.81. The standard InChI is InChI=1S/C24H23ClFN7O2/c1-32-14-18(13-30-32)33-8-5-20(34)19(31-33)10-15-3-2-4-16(9-15)23-28-11-17(12-29-23)24(26)6-7-27-22(25)21(24)35/h2-5,8-9,11-14,21-22,27,35H,6-7,10H2,1H3/t21-,22?,24+/m0/s1. The molecule has 1 fully saturated rings. The third kappa shape index (κ3) is 4.60. The lowest BCUT2D eigenvalue weighted by Gasteiger charge is -2.37. The second-order valence-electron chi connectivity index (χ2n) is 8.53. The van der Waals surface area contributed by atoms with Gasteiger partial charge in [0.25, 0.3) is 0 Å². The lowest BCUT2D eigenvalue weighted by atomic mass is 9.86. The highest BCUT2D eigenvalue weighted by atomic mass is 35.5. The number of aliphatic hydroxyl groups excluding tert-OH is 1.